The van der Waals surface area contributed by atoms with E-state index in [1.807, 2.05) is 0 Å². The monoisotopic (exact) mass is 250 g/mol. The van der Waals surface area contributed by atoms with Gasteiger partial charge in [0.2, 0.25) is 5.76 Å². The van der Waals surface area contributed by atoms with Gasteiger partial charge >= 0.3 is 0 Å². The summed E-state index contributed by atoms with van der Waals surface area (Å²) in [5.41, 5.74) is -0.825. The van der Waals surface area contributed by atoms with Gasteiger partial charge in [0.1, 0.15) is 0 Å². The summed E-state index contributed by atoms with van der Waals surface area (Å²) < 4.78 is 10.1. The Kier molecular flexibility index (Phi) is 3.20. The Labute approximate surface area is 104 Å². The molecule has 0 aliphatic rings. The molecule has 0 spiro atoms. The summed E-state index contributed by atoms with van der Waals surface area (Å²) in [6, 6.07) is 4.91. The quantitative estimate of drug-likeness (QED) is 0.857. The summed E-state index contributed by atoms with van der Waals surface area (Å²) >= 11 is 0. The van der Waals surface area contributed by atoms with Gasteiger partial charge in [0.05, 0.1) is 11.9 Å². The van der Waals surface area contributed by atoms with Crippen LogP contribution in [0.4, 0.5) is 0 Å². The van der Waals surface area contributed by atoms with Crippen LogP contribution >= 0.6 is 0 Å². The number of carbonyl (C=O) groups excluding carboxylic acids is 1. The minimum Gasteiger partial charge on any atom is -0.461 e. The number of nitrogens with one attached hydrogen (secondary N) is 1. The van der Waals surface area contributed by atoms with Crippen molar-refractivity contribution in [3.63, 3.8) is 0 Å². The summed E-state index contributed by atoms with van der Waals surface area (Å²) in [5.74, 6) is 0.483. The average molecular weight is 250 g/mol. The third-order valence-corrected chi connectivity index (χ3v) is 2.19. The van der Waals surface area contributed by atoms with Crippen LogP contribution in [0.3, 0.4) is 0 Å². The highest BCUT2D eigenvalue weighted by Gasteiger charge is 2.18. The minimum atomic E-state index is -0.969. The molecule has 0 saturated carbocycles. The SMILES string of the molecule is CC(C)(O)CNC(=O)c1cc(-c2ccco2)on1. The molecule has 2 rings (SSSR count). The van der Waals surface area contributed by atoms with Crippen LogP contribution in [-0.4, -0.2) is 28.3 Å². The average Bonchev–Trinajstić information content (AvgIpc) is 2.94. The van der Waals surface area contributed by atoms with E-state index < -0.39 is 11.5 Å². The van der Waals surface area contributed by atoms with Crippen LogP contribution in [0.25, 0.3) is 11.5 Å². The molecule has 96 valence electrons. The molecule has 0 atom stereocenters. The zero-order chi connectivity index (χ0) is 13.2. The maximum atomic E-state index is 11.7. The second-order valence-corrected chi connectivity index (χ2v) is 4.55. The normalized spacial score (nSPS) is 11.5. The van der Waals surface area contributed by atoms with Gasteiger partial charge in [0.15, 0.2) is 11.5 Å². The lowest BCUT2D eigenvalue weighted by atomic mass is 10.1. The van der Waals surface area contributed by atoms with Crippen molar-refractivity contribution in [1.29, 1.82) is 0 Å². The van der Waals surface area contributed by atoms with Gasteiger partial charge in [-0.25, -0.2) is 0 Å². The molecule has 2 N–H and O–H groups in total. The fourth-order valence-electron chi connectivity index (χ4n) is 1.30. The number of amides is 1. The smallest absolute Gasteiger partial charge is 0.273 e. The maximum Gasteiger partial charge on any atom is 0.273 e. The fourth-order valence-corrected chi connectivity index (χ4v) is 1.30. The molecule has 0 saturated heterocycles. The zero-order valence-corrected chi connectivity index (χ0v) is 10.1. The lowest BCUT2D eigenvalue weighted by molar-refractivity contribution is 0.0690. The molecule has 0 aliphatic heterocycles. The number of nitrogens with zero attached hydrogens (tertiary/aromatic N) is 1. The summed E-state index contributed by atoms with van der Waals surface area (Å²) in [7, 11) is 0. The molecule has 18 heavy (non-hydrogen) atoms. The highest BCUT2D eigenvalue weighted by atomic mass is 16.5. The van der Waals surface area contributed by atoms with Crippen LogP contribution in [0.5, 0.6) is 0 Å². The van der Waals surface area contributed by atoms with Crippen LogP contribution < -0.4 is 5.32 Å². The van der Waals surface area contributed by atoms with E-state index in [2.05, 4.69) is 10.5 Å². The van der Waals surface area contributed by atoms with E-state index in [4.69, 9.17) is 8.94 Å². The van der Waals surface area contributed by atoms with Crippen molar-refractivity contribution in [3.8, 4) is 11.5 Å². The molecule has 0 bridgehead atoms. The van der Waals surface area contributed by atoms with Gasteiger partial charge in [0.25, 0.3) is 5.91 Å². The van der Waals surface area contributed by atoms with Crippen molar-refractivity contribution in [2.24, 2.45) is 0 Å². The summed E-state index contributed by atoms with van der Waals surface area (Å²) in [5, 5.41) is 15.7. The summed E-state index contributed by atoms with van der Waals surface area (Å²) in [6.07, 6.45) is 1.51. The molecule has 6 heteroatoms. The van der Waals surface area contributed by atoms with Crippen LogP contribution in [0, 0.1) is 0 Å². The first-order chi connectivity index (χ1) is 8.46. The molecular weight excluding hydrogens is 236 g/mol. The molecule has 0 radical (unpaired) electrons. The maximum absolute atomic E-state index is 11.7. The number of aliphatic hydroxyl groups is 1. The van der Waals surface area contributed by atoms with Crippen molar-refractivity contribution >= 4 is 5.91 Å². The Balaban J connectivity index is 2.04. The number of rotatable bonds is 4. The van der Waals surface area contributed by atoms with Gasteiger partial charge < -0.3 is 19.4 Å². The van der Waals surface area contributed by atoms with Crippen molar-refractivity contribution in [3.05, 3.63) is 30.2 Å². The molecular formula is C12H14N2O4. The number of aromatic nitrogens is 1. The molecule has 2 heterocycles. The Hall–Kier alpha value is -2.08. The van der Waals surface area contributed by atoms with E-state index in [-0.39, 0.29) is 12.2 Å². The first-order valence-electron chi connectivity index (χ1n) is 5.47. The summed E-state index contributed by atoms with van der Waals surface area (Å²) in [4.78, 5) is 11.7. The Morgan fingerprint density at radius 1 is 1.50 bits per heavy atom. The van der Waals surface area contributed by atoms with E-state index >= 15 is 0 Å². The summed E-state index contributed by atoms with van der Waals surface area (Å²) in [6.45, 7) is 3.34. The third-order valence-electron chi connectivity index (χ3n) is 2.19. The molecule has 6 nitrogen and oxygen atoms in total. The molecule has 0 fully saturated rings. The van der Waals surface area contributed by atoms with Gasteiger partial charge in [-0.05, 0) is 26.0 Å². The van der Waals surface area contributed by atoms with Crippen LogP contribution in [0.1, 0.15) is 24.3 Å². The molecule has 2 aromatic rings. The van der Waals surface area contributed by atoms with Crippen molar-refractivity contribution in [1.82, 2.24) is 10.5 Å². The molecule has 0 aromatic carbocycles. The van der Waals surface area contributed by atoms with Gasteiger partial charge in [-0.3, -0.25) is 4.79 Å². The second-order valence-electron chi connectivity index (χ2n) is 4.55. The molecule has 2 aromatic heterocycles. The second kappa shape index (κ2) is 4.66. The first-order valence-corrected chi connectivity index (χ1v) is 5.47. The van der Waals surface area contributed by atoms with Crippen LogP contribution in [0.15, 0.2) is 33.4 Å². The molecule has 0 aliphatic carbocycles. The van der Waals surface area contributed by atoms with Gasteiger partial charge in [-0.1, -0.05) is 5.16 Å². The van der Waals surface area contributed by atoms with E-state index in [1.165, 1.54) is 12.3 Å². The van der Waals surface area contributed by atoms with E-state index in [9.17, 15) is 9.90 Å². The van der Waals surface area contributed by atoms with Crippen molar-refractivity contribution < 1.29 is 18.8 Å². The fraction of sp³-hybridized carbons (Fsp3) is 0.333. The number of furan rings is 1. The highest BCUT2D eigenvalue weighted by Crippen LogP contribution is 2.20. The third kappa shape index (κ3) is 2.98. The Bertz CT molecular complexity index is 523. The van der Waals surface area contributed by atoms with E-state index in [1.54, 1.807) is 26.0 Å². The van der Waals surface area contributed by atoms with E-state index in [0.717, 1.165) is 0 Å². The Morgan fingerprint density at radius 3 is 2.89 bits per heavy atom. The Morgan fingerprint density at radius 2 is 2.28 bits per heavy atom. The topological polar surface area (TPSA) is 88.5 Å². The number of hydrogen-bond donors (Lipinski definition) is 2. The van der Waals surface area contributed by atoms with E-state index in [0.29, 0.717) is 11.5 Å². The lowest BCUT2D eigenvalue weighted by Gasteiger charge is -2.16. The van der Waals surface area contributed by atoms with Crippen LogP contribution in [0.2, 0.25) is 0 Å². The van der Waals surface area contributed by atoms with Crippen molar-refractivity contribution in [2.75, 3.05) is 6.54 Å². The van der Waals surface area contributed by atoms with Gasteiger partial charge in [-0.2, -0.15) is 0 Å². The minimum absolute atomic E-state index is 0.134. The standard InChI is InChI=1S/C12H14N2O4/c1-12(2,16)7-13-11(15)8-6-10(18-14-8)9-4-3-5-17-9/h3-6,16H,7H2,1-2H3,(H,13,15). The molecule has 0 unspecified atom stereocenters. The predicted octanol–water partition coefficient (Wildman–Crippen LogP) is 1.44. The number of carbonyl (C=O) groups is 1. The predicted molar refractivity (Wildman–Crippen MR) is 62.8 cm³/mol. The van der Waals surface area contributed by atoms with Gasteiger partial charge in [0, 0.05) is 12.6 Å². The van der Waals surface area contributed by atoms with Crippen LogP contribution in [-0.2, 0) is 0 Å². The van der Waals surface area contributed by atoms with Gasteiger partial charge in [-0.15, -0.1) is 0 Å². The number of hydrogen-bond acceptors (Lipinski definition) is 5. The molecule has 1 amide bonds. The lowest BCUT2D eigenvalue weighted by Crippen LogP contribution is -2.38. The largest absolute Gasteiger partial charge is 0.461 e. The zero-order valence-electron chi connectivity index (χ0n) is 10.1. The highest BCUT2D eigenvalue weighted by molar-refractivity contribution is 5.92. The van der Waals surface area contributed by atoms with Crippen molar-refractivity contribution in [2.45, 2.75) is 19.4 Å². The first kappa shape index (κ1) is 12.4.